The molecule has 6 heteroatoms. The minimum Gasteiger partial charge on any atom is -0.462 e. The van der Waals surface area contributed by atoms with Crippen molar-refractivity contribution in [1.82, 2.24) is 5.32 Å². The molecular weight excluding hydrogens is 779 g/mol. The molecule has 0 radical (unpaired) electrons. The van der Waals surface area contributed by atoms with Crippen molar-refractivity contribution in [2.24, 2.45) is 0 Å². The number of rotatable bonds is 46. The molecule has 0 aromatic carbocycles. The highest BCUT2D eigenvalue weighted by atomic mass is 16.5. The van der Waals surface area contributed by atoms with Crippen LogP contribution in [-0.2, 0) is 14.3 Å². The van der Waals surface area contributed by atoms with Crippen LogP contribution >= 0.6 is 0 Å². The lowest BCUT2D eigenvalue weighted by molar-refractivity contribution is -0.151. The van der Waals surface area contributed by atoms with Gasteiger partial charge in [-0.1, -0.05) is 241 Å². The summed E-state index contributed by atoms with van der Waals surface area (Å²) < 4.78 is 5.90. The van der Waals surface area contributed by atoms with E-state index in [1.165, 1.54) is 109 Å². The summed E-state index contributed by atoms with van der Waals surface area (Å²) in [5.74, 6) is -0.545. The number of nitrogens with one attached hydrogen (secondary N) is 1. The van der Waals surface area contributed by atoms with Crippen molar-refractivity contribution in [1.29, 1.82) is 0 Å². The van der Waals surface area contributed by atoms with Crippen LogP contribution in [0.1, 0.15) is 239 Å². The molecule has 0 spiro atoms. The zero-order valence-electron chi connectivity index (χ0n) is 41.2. The first-order chi connectivity index (χ1) is 31.0. The van der Waals surface area contributed by atoms with Gasteiger partial charge in [-0.15, -0.1) is 0 Å². The second kappa shape index (κ2) is 50.0. The average molecular weight is 878 g/mol. The molecule has 3 atom stereocenters. The fraction of sp³-hybridized carbons (Fsp3) is 0.719. The standard InChI is InChI=1S/C57H99NO5/c1-4-7-10-13-16-19-22-24-26-28-30-32-34-37-40-43-46-49-55(60)54(52-59)58-56(61)51-53(48-45-42-39-36-21-18-15-12-9-6-3)63-57(62)50-47-44-41-38-35-33-31-29-27-25-23-20-17-14-11-8-5-2/h8,11,14,17-18,20-21,23,25,27,29,31,33,35,53-55,59-60H,4-7,9-10,12-13,15-16,19,22,24,26,28,30,32,34,36-52H2,1-3H3,(H,58,61)/b11-8-,17-14+,21-18-,23-20+,27-25-,31-29+,35-33+. The van der Waals surface area contributed by atoms with Gasteiger partial charge in [0.15, 0.2) is 0 Å². The number of aliphatic hydroxyl groups is 2. The predicted molar refractivity (Wildman–Crippen MR) is 273 cm³/mol. The molecule has 0 aliphatic heterocycles. The highest BCUT2D eigenvalue weighted by Crippen LogP contribution is 2.17. The Morgan fingerprint density at radius 1 is 0.476 bits per heavy atom. The maximum atomic E-state index is 13.2. The number of carbonyl (C=O) groups excluding carboxylic acids is 2. The zero-order valence-corrected chi connectivity index (χ0v) is 41.2. The van der Waals surface area contributed by atoms with E-state index in [0.29, 0.717) is 19.3 Å². The summed E-state index contributed by atoms with van der Waals surface area (Å²) in [6.45, 7) is 6.30. The van der Waals surface area contributed by atoms with Crippen LogP contribution in [0.4, 0.5) is 0 Å². The van der Waals surface area contributed by atoms with Crippen LogP contribution in [0.5, 0.6) is 0 Å². The van der Waals surface area contributed by atoms with Crippen LogP contribution in [0.2, 0.25) is 0 Å². The molecule has 0 fully saturated rings. The summed E-state index contributed by atoms with van der Waals surface area (Å²) in [4.78, 5) is 26.1. The Morgan fingerprint density at radius 3 is 1.38 bits per heavy atom. The van der Waals surface area contributed by atoms with Crippen molar-refractivity contribution < 1.29 is 24.5 Å². The third kappa shape index (κ3) is 45.4. The topological polar surface area (TPSA) is 95.9 Å². The molecule has 63 heavy (non-hydrogen) atoms. The van der Waals surface area contributed by atoms with Crippen molar-refractivity contribution in [3.63, 3.8) is 0 Å². The van der Waals surface area contributed by atoms with Crippen molar-refractivity contribution in [2.45, 2.75) is 257 Å². The smallest absolute Gasteiger partial charge is 0.306 e. The first-order valence-corrected chi connectivity index (χ1v) is 26.4. The third-order valence-electron chi connectivity index (χ3n) is 11.6. The summed E-state index contributed by atoms with van der Waals surface area (Å²) in [5, 5.41) is 23.8. The molecule has 0 saturated carbocycles. The van der Waals surface area contributed by atoms with Gasteiger partial charge >= 0.3 is 5.97 Å². The first kappa shape index (κ1) is 60.0. The molecule has 0 aliphatic rings. The Balaban J connectivity index is 4.56. The van der Waals surface area contributed by atoms with Crippen LogP contribution in [0.3, 0.4) is 0 Å². The first-order valence-electron chi connectivity index (χ1n) is 26.4. The van der Waals surface area contributed by atoms with Gasteiger partial charge in [-0.3, -0.25) is 9.59 Å². The highest BCUT2D eigenvalue weighted by molar-refractivity contribution is 5.77. The Bertz CT molecular complexity index is 1210. The number of aliphatic hydroxyl groups excluding tert-OH is 2. The molecule has 0 aromatic rings. The number of unbranched alkanes of at least 4 members (excludes halogenated alkanes) is 25. The van der Waals surface area contributed by atoms with Crippen molar-refractivity contribution in [3.05, 3.63) is 85.1 Å². The van der Waals surface area contributed by atoms with Gasteiger partial charge in [0.25, 0.3) is 0 Å². The number of esters is 1. The molecule has 3 N–H and O–H groups in total. The summed E-state index contributed by atoms with van der Waals surface area (Å²) in [7, 11) is 0. The van der Waals surface area contributed by atoms with Crippen molar-refractivity contribution in [2.75, 3.05) is 6.61 Å². The molecule has 0 bridgehead atoms. The summed E-state index contributed by atoms with van der Waals surface area (Å²) in [6, 6.07) is -0.720. The van der Waals surface area contributed by atoms with Crippen LogP contribution in [-0.4, -0.2) is 46.9 Å². The lowest BCUT2D eigenvalue weighted by Crippen LogP contribution is -2.46. The molecular formula is C57H99NO5. The molecule has 3 unspecified atom stereocenters. The quantitative estimate of drug-likeness (QED) is 0.0245. The number of ether oxygens (including phenoxy) is 1. The second-order valence-corrected chi connectivity index (χ2v) is 17.7. The van der Waals surface area contributed by atoms with Gasteiger partial charge in [-0.2, -0.15) is 0 Å². The predicted octanol–water partition coefficient (Wildman–Crippen LogP) is 16.0. The number of amides is 1. The molecule has 0 rings (SSSR count). The van der Waals surface area contributed by atoms with E-state index in [-0.39, 0.29) is 24.9 Å². The Hall–Kier alpha value is -2.96. The van der Waals surface area contributed by atoms with E-state index >= 15 is 0 Å². The third-order valence-corrected chi connectivity index (χ3v) is 11.6. The fourth-order valence-corrected chi connectivity index (χ4v) is 7.63. The Labute approximate surface area is 389 Å². The largest absolute Gasteiger partial charge is 0.462 e. The molecule has 6 nitrogen and oxygen atoms in total. The molecule has 0 heterocycles. The van der Waals surface area contributed by atoms with Gasteiger partial charge in [0.05, 0.1) is 25.2 Å². The Kier molecular flexibility index (Phi) is 47.7. The van der Waals surface area contributed by atoms with E-state index in [4.69, 9.17) is 4.74 Å². The van der Waals surface area contributed by atoms with Crippen molar-refractivity contribution in [3.8, 4) is 0 Å². The summed E-state index contributed by atoms with van der Waals surface area (Å²) in [5.41, 5.74) is 0. The van der Waals surface area contributed by atoms with Crippen LogP contribution in [0.25, 0.3) is 0 Å². The number of hydrogen-bond donors (Lipinski definition) is 3. The van der Waals surface area contributed by atoms with Crippen LogP contribution in [0, 0.1) is 0 Å². The summed E-state index contributed by atoms with van der Waals surface area (Å²) in [6.07, 6.45) is 65.0. The van der Waals surface area contributed by atoms with Gasteiger partial charge in [-0.05, 0) is 70.6 Å². The normalized spacial score (nSPS) is 13.9. The molecule has 362 valence electrons. The maximum absolute atomic E-state index is 13.2. The Morgan fingerprint density at radius 2 is 0.873 bits per heavy atom. The second-order valence-electron chi connectivity index (χ2n) is 17.7. The van der Waals surface area contributed by atoms with E-state index in [1.54, 1.807) is 0 Å². The fourth-order valence-electron chi connectivity index (χ4n) is 7.63. The average Bonchev–Trinajstić information content (AvgIpc) is 3.28. The molecule has 0 saturated heterocycles. The summed E-state index contributed by atoms with van der Waals surface area (Å²) >= 11 is 0. The lowest BCUT2D eigenvalue weighted by atomic mass is 10.0. The van der Waals surface area contributed by atoms with E-state index < -0.39 is 18.2 Å². The number of carbonyl (C=O) groups is 2. The van der Waals surface area contributed by atoms with Gasteiger partial charge in [0, 0.05) is 6.42 Å². The van der Waals surface area contributed by atoms with Gasteiger partial charge < -0.3 is 20.3 Å². The number of hydrogen-bond acceptors (Lipinski definition) is 5. The zero-order chi connectivity index (χ0) is 45.9. The van der Waals surface area contributed by atoms with E-state index in [9.17, 15) is 19.8 Å². The lowest BCUT2D eigenvalue weighted by Gasteiger charge is -2.24. The highest BCUT2D eigenvalue weighted by Gasteiger charge is 2.24. The van der Waals surface area contributed by atoms with Gasteiger partial charge in [0.2, 0.25) is 5.91 Å². The van der Waals surface area contributed by atoms with Crippen LogP contribution in [0.15, 0.2) is 85.1 Å². The van der Waals surface area contributed by atoms with Gasteiger partial charge in [-0.25, -0.2) is 0 Å². The van der Waals surface area contributed by atoms with E-state index in [2.05, 4.69) is 56.5 Å². The number of allylic oxidation sites excluding steroid dienone is 14. The maximum Gasteiger partial charge on any atom is 0.306 e. The van der Waals surface area contributed by atoms with Crippen LogP contribution < -0.4 is 5.32 Å². The van der Waals surface area contributed by atoms with Gasteiger partial charge in [0.1, 0.15) is 6.10 Å². The van der Waals surface area contributed by atoms with E-state index in [0.717, 1.165) is 83.5 Å². The molecule has 1 amide bonds. The molecule has 0 aliphatic carbocycles. The minimum absolute atomic E-state index is 0.0445. The molecule has 0 aromatic heterocycles. The van der Waals surface area contributed by atoms with Crippen molar-refractivity contribution >= 4 is 11.9 Å². The van der Waals surface area contributed by atoms with E-state index in [1.807, 2.05) is 54.7 Å². The SMILES string of the molecule is CC\C=C/C=C/C=C/C=C\C=C\C=C\CCCCCC(=O)OC(CCCCC/C=C\CCCCC)CC(=O)NC(CO)C(O)CCCCCCCCCCCCCCCCCCC. The monoisotopic (exact) mass is 878 g/mol. The minimum atomic E-state index is -0.803.